The Morgan fingerprint density at radius 1 is 0.697 bits per heavy atom. The molecule has 1 N–H and O–H groups in total. The molecule has 0 atom stereocenters. The van der Waals surface area contributed by atoms with Crippen LogP contribution in [-0.2, 0) is 25.7 Å². The Hall–Kier alpha value is -3.74. The lowest BCUT2D eigenvalue weighted by Crippen LogP contribution is -2.02. The molecule has 0 amide bonds. The van der Waals surface area contributed by atoms with Crippen LogP contribution in [0.4, 0.5) is 0 Å². The molecule has 0 aliphatic carbocycles. The third-order valence-electron chi connectivity index (χ3n) is 5.48. The van der Waals surface area contributed by atoms with E-state index < -0.39 is 5.97 Å². The van der Waals surface area contributed by atoms with Crippen molar-refractivity contribution in [3.8, 4) is 23.0 Å². The highest BCUT2D eigenvalue weighted by atomic mass is 16.5. The van der Waals surface area contributed by atoms with Crippen molar-refractivity contribution in [2.45, 2.75) is 25.7 Å². The second-order valence-electron chi connectivity index (χ2n) is 7.57. The van der Waals surface area contributed by atoms with E-state index in [1.165, 1.54) is 7.11 Å². The van der Waals surface area contributed by atoms with Gasteiger partial charge >= 0.3 is 5.97 Å². The van der Waals surface area contributed by atoms with Crippen LogP contribution in [0.3, 0.4) is 0 Å². The van der Waals surface area contributed by atoms with Gasteiger partial charge in [-0.25, -0.2) is 4.79 Å². The summed E-state index contributed by atoms with van der Waals surface area (Å²) in [7, 11) is 6.29. The highest BCUT2D eigenvalue weighted by Gasteiger charge is 2.14. The Kier molecular flexibility index (Phi) is 8.13. The molecule has 0 saturated carbocycles. The van der Waals surface area contributed by atoms with E-state index in [1.807, 2.05) is 30.6 Å². The van der Waals surface area contributed by atoms with Crippen LogP contribution in [0.5, 0.6) is 23.0 Å². The minimum atomic E-state index is -0.998. The number of benzene rings is 2. The Labute approximate surface area is 193 Å². The molecule has 0 fully saturated rings. The fourth-order valence-electron chi connectivity index (χ4n) is 3.74. The monoisotopic (exact) mass is 451 g/mol. The van der Waals surface area contributed by atoms with Gasteiger partial charge in [0.25, 0.3) is 0 Å². The molecule has 2 aromatic carbocycles. The standard InChI is InChI=1S/C26H29NO6/c1-30-22-12-17(9-10-21(22)26(28)29)5-7-19-11-20(16-27-15-19)8-6-18-13-23(31-2)25(33-4)24(14-18)32-3/h9-16H,5-8H2,1-4H3,(H,28,29). The van der Waals surface area contributed by atoms with Gasteiger partial charge < -0.3 is 24.1 Å². The van der Waals surface area contributed by atoms with E-state index in [-0.39, 0.29) is 5.56 Å². The van der Waals surface area contributed by atoms with Gasteiger partial charge in [-0.1, -0.05) is 12.1 Å². The van der Waals surface area contributed by atoms with Crippen LogP contribution in [0.1, 0.15) is 32.6 Å². The molecule has 0 aliphatic heterocycles. The Balaban J connectivity index is 1.67. The number of methoxy groups -OCH3 is 4. The van der Waals surface area contributed by atoms with Gasteiger partial charge in [0.15, 0.2) is 11.5 Å². The molecular weight excluding hydrogens is 422 g/mol. The van der Waals surface area contributed by atoms with E-state index in [1.54, 1.807) is 33.5 Å². The van der Waals surface area contributed by atoms with Crippen molar-refractivity contribution in [2.75, 3.05) is 28.4 Å². The fraction of sp³-hybridized carbons (Fsp3) is 0.308. The van der Waals surface area contributed by atoms with Gasteiger partial charge in [-0.3, -0.25) is 4.98 Å². The van der Waals surface area contributed by atoms with E-state index in [2.05, 4.69) is 11.1 Å². The zero-order valence-electron chi connectivity index (χ0n) is 19.4. The lowest BCUT2D eigenvalue weighted by Gasteiger charge is -2.14. The van der Waals surface area contributed by atoms with Gasteiger partial charge in [-0.15, -0.1) is 0 Å². The first-order chi connectivity index (χ1) is 16.0. The molecular formula is C26H29NO6. The lowest BCUT2D eigenvalue weighted by atomic mass is 10.0. The lowest BCUT2D eigenvalue weighted by molar-refractivity contribution is 0.0693. The largest absolute Gasteiger partial charge is 0.496 e. The zero-order valence-corrected chi connectivity index (χ0v) is 19.4. The minimum absolute atomic E-state index is 0.164. The number of aromatic nitrogens is 1. The SMILES string of the molecule is COc1cc(CCc2cncc(CCc3cc(OC)c(OC)c(OC)c3)c2)ccc1C(=O)O. The molecule has 0 unspecified atom stereocenters. The Bertz CT molecular complexity index is 1090. The number of hydrogen-bond acceptors (Lipinski definition) is 6. The quantitative estimate of drug-likeness (QED) is 0.463. The van der Waals surface area contributed by atoms with Gasteiger partial charge in [0.1, 0.15) is 11.3 Å². The molecule has 33 heavy (non-hydrogen) atoms. The molecule has 3 aromatic rings. The number of aryl methyl sites for hydroxylation is 4. The van der Waals surface area contributed by atoms with E-state index in [4.69, 9.17) is 18.9 Å². The van der Waals surface area contributed by atoms with Crippen LogP contribution in [0.2, 0.25) is 0 Å². The van der Waals surface area contributed by atoms with Gasteiger partial charge in [0.2, 0.25) is 5.75 Å². The van der Waals surface area contributed by atoms with E-state index >= 15 is 0 Å². The number of rotatable bonds is 11. The van der Waals surface area contributed by atoms with Crippen molar-refractivity contribution in [1.29, 1.82) is 0 Å². The molecule has 3 rings (SSSR count). The first kappa shape index (κ1) is 23.9. The molecule has 0 radical (unpaired) electrons. The number of hydrogen-bond donors (Lipinski definition) is 1. The fourth-order valence-corrected chi connectivity index (χ4v) is 3.74. The summed E-state index contributed by atoms with van der Waals surface area (Å²) < 4.78 is 21.5. The molecule has 1 aromatic heterocycles. The Morgan fingerprint density at radius 3 is 1.73 bits per heavy atom. The van der Waals surface area contributed by atoms with E-state index in [0.717, 1.165) is 47.9 Å². The zero-order chi connectivity index (χ0) is 23.8. The summed E-state index contributed by atoms with van der Waals surface area (Å²) >= 11 is 0. The number of ether oxygens (including phenoxy) is 4. The van der Waals surface area contributed by atoms with Crippen molar-refractivity contribution in [2.24, 2.45) is 0 Å². The van der Waals surface area contributed by atoms with E-state index in [9.17, 15) is 9.90 Å². The van der Waals surface area contributed by atoms with Crippen LogP contribution < -0.4 is 18.9 Å². The third-order valence-corrected chi connectivity index (χ3v) is 5.48. The molecule has 7 nitrogen and oxygen atoms in total. The van der Waals surface area contributed by atoms with Gasteiger partial charge in [-0.05, 0) is 72.2 Å². The van der Waals surface area contributed by atoms with Gasteiger partial charge in [0.05, 0.1) is 28.4 Å². The average molecular weight is 452 g/mol. The Morgan fingerprint density at radius 2 is 1.21 bits per heavy atom. The van der Waals surface area contributed by atoms with Crippen LogP contribution in [0, 0.1) is 0 Å². The summed E-state index contributed by atoms with van der Waals surface area (Å²) in [5.74, 6) is 1.24. The maximum absolute atomic E-state index is 11.3. The van der Waals surface area contributed by atoms with Crippen LogP contribution in [0.25, 0.3) is 0 Å². The first-order valence-corrected chi connectivity index (χ1v) is 10.6. The van der Waals surface area contributed by atoms with Crippen molar-refractivity contribution in [3.05, 3.63) is 76.6 Å². The predicted molar refractivity (Wildman–Crippen MR) is 125 cm³/mol. The highest BCUT2D eigenvalue weighted by molar-refractivity contribution is 5.91. The average Bonchev–Trinajstić information content (AvgIpc) is 2.85. The number of pyridine rings is 1. The van der Waals surface area contributed by atoms with E-state index in [0.29, 0.717) is 23.0 Å². The molecule has 7 heteroatoms. The summed E-state index contributed by atoms with van der Waals surface area (Å²) in [6.45, 7) is 0. The molecule has 1 heterocycles. The molecule has 0 saturated heterocycles. The number of nitrogens with zero attached hydrogens (tertiary/aromatic N) is 1. The second kappa shape index (κ2) is 11.2. The van der Waals surface area contributed by atoms with Crippen LogP contribution in [0.15, 0.2) is 48.8 Å². The van der Waals surface area contributed by atoms with Gasteiger partial charge in [0, 0.05) is 12.4 Å². The van der Waals surface area contributed by atoms with Crippen LogP contribution in [-0.4, -0.2) is 44.5 Å². The number of carbonyl (C=O) groups is 1. The molecule has 174 valence electrons. The third kappa shape index (κ3) is 5.94. The van der Waals surface area contributed by atoms with Gasteiger partial charge in [-0.2, -0.15) is 0 Å². The van der Waals surface area contributed by atoms with Crippen LogP contribution >= 0.6 is 0 Å². The predicted octanol–water partition coefficient (Wildman–Crippen LogP) is 4.38. The number of aromatic carboxylic acids is 1. The number of carboxylic acids is 1. The topological polar surface area (TPSA) is 87.1 Å². The highest BCUT2D eigenvalue weighted by Crippen LogP contribution is 2.38. The molecule has 0 aliphatic rings. The number of carboxylic acid groups (broad SMARTS) is 1. The smallest absolute Gasteiger partial charge is 0.339 e. The molecule has 0 bridgehead atoms. The van der Waals surface area contributed by atoms with Crippen molar-refractivity contribution in [3.63, 3.8) is 0 Å². The summed E-state index contributed by atoms with van der Waals surface area (Å²) in [4.78, 5) is 15.7. The van der Waals surface area contributed by atoms with Crippen molar-refractivity contribution in [1.82, 2.24) is 4.98 Å². The molecule has 0 spiro atoms. The second-order valence-corrected chi connectivity index (χ2v) is 7.57. The minimum Gasteiger partial charge on any atom is -0.496 e. The van der Waals surface area contributed by atoms with Crippen molar-refractivity contribution >= 4 is 5.97 Å². The van der Waals surface area contributed by atoms with Crippen molar-refractivity contribution < 1.29 is 28.8 Å². The summed E-state index contributed by atoms with van der Waals surface area (Å²) in [5.41, 5.74) is 4.52. The summed E-state index contributed by atoms with van der Waals surface area (Å²) in [6, 6.07) is 11.3. The summed E-state index contributed by atoms with van der Waals surface area (Å²) in [6.07, 6.45) is 6.92. The summed E-state index contributed by atoms with van der Waals surface area (Å²) in [5, 5.41) is 9.24. The maximum atomic E-state index is 11.3. The first-order valence-electron chi connectivity index (χ1n) is 10.6. The maximum Gasteiger partial charge on any atom is 0.339 e. The normalized spacial score (nSPS) is 10.5.